The molecule has 6 heteroatoms. The van der Waals surface area contributed by atoms with Crippen LogP contribution in [0.25, 0.3) is 0 Å². The summed E-state index contributed by atoms with van der Waals surface area (Å²) in [7, 11) is 3.49. The average molecular weight is 269 g/mol. The normalized spacial score (nSPS) is 10.5. The van der Waals surface area contributed by atoms with E-state index >= 15 is 0 Å². The highest BCUT2D eigenvalue weighted by molar-refractivity contribution is 5.37. The molecule has 0 aliphatic heterocycles. The van der Waals surface area contributed by atoms with E-state index in [-0.39, 0.29) is 0 Å². The molecule has 0 unspecified atom stereocenters. The lowest BCUT2D eigenvalue weighted by atomic mass is 10.4. The van der Waals surface area contributed by atoms with Crippen molar-refractivity contribution >= 4 is 5.82 Å². The van der Waals surface area contributed by atoms with Crippen LogP contribution in [-0.4, -0.2) is 50.6 Å². The van der Waals surface area contributed by atoms with Crippen LogP contribution in [0.4, 0.5) is 5.82 Å². The van der Waals surface area contributed by atoms with E-state index in [0.717, 1.165) is 24.5 Å². The van der Waals surface area contributed by atoms with Gasteiger partial charge in [0.15, 0.2) is 0 Å². The summed E-state index contributed by atoms with van der Waals surface area (Å²) in [6, 6.07) is 1.80. The molecule has 1 aromatic heterocycles. The quantitative estimate of drug-likeness (QED) is 0.650. The summed E-state index contributed by atoms with van der Waals surface area (Å²) >= 11 is 0. The van der Waals surface area contributed by atoms with Gasteiger partial charge in [-0.15, -0.1) is 0 Å². The van der Waals surface area contributed by atoms with Crippen molar-refractivity contribution in [3.8, 4) is 5.88 Å². The average Bonchev–Trinajstić information content (AvgIpc) is 2.45. The summed E-state index contributed by atoms with van der Waals surface area (Å²) in [5.41, 5.74) is 0. The van der Waals surface area contributed by atoms with Gasteiger partial charge in [-0.2, -0.15) is 4.98 Å². The lowest BCUT2D eigenvalue weighted by molar-refractivity contribution is 0.0642. The molecule has 1 N–H and O–H groups in total. The summed E-state index contributed by atoms with van der Waals surface area (Å²) in [5.74, 6) is 2.16. The Morgan fingerprint density at radius 3 is 2.68 bits per heavy atom. The Morgan fingerprint density at radius 1 is 1.16 bits per heavy atom. The third-order valence-corrected chi connectivity index (χ3v) is 2.44. The number of ether oxygens (including phenoxy) is 3. The van der Waals surface area contributed by atoms with Crippen molar-refractivity contribution < 1.29 is 14.2 Å². The largest absolute Gasteiger partial charge is 0.477 e. The summed E-state index contributed by atoms with van der Waals surface area (Å²) < 4.78 is 15.8. The van der Waals surface area contributed by atoms with Crippen molar-refractivity contribution in [3.05, 3.63) is 11.9 Å². The van der Waals surface area contributed by atoms with Gasteiger partial charge in [-0.25, -0.2) is 4.98 Å². The molecule has 0 spiro atoms. The topological polar surface area (TPSA) is 65.5 Å². The first kappa shape index (κ1) is 15.7. The van der Waals surface area contributed by atoms with E-state index in [2.05, 4.69) is 15.3 Å². The van der Waals surface area contributed by atoms with Gasteiger partial charge in [0.25, 0.3) is 0 Å². The van der Waals surface area contributed by atoms with Gasteiger partial charge in [0.05, 0.1) is 19.8 Å². The fraction of sp³-hybridized carbons (Fsp3) is 0.692. The standard InChI is InChI=1S/C13H23N3O3/c1-4-11-15-12(14-2)10-13(16-11)19-7-5-6-18-9-8-17-3/h10H,4-9H2,1-3H3,(H,14,15,16). The van der Waals surface area contributed by atoms with E-state index in [1.54, 1.807) is 13.2 Å². The number of anilines is 1. The van der Waals surface area contributed by atoms with E-state index in [9.17, 15) is 0 Å². The van der Waals surface area contributed by atoms with Crippen molar-refractivity contribution in [1.29, 1.82) is 0 Å². The fourth-order valence-corrected chi connectivity index (χ4v) is 1.41. The first-order valence-corrected chi connectivity index (χ1v) is 6.55. The molecule has 0 fully saturated rings. The number of aromatic nitrogens is 2. The highest BCUT2D eigenvalue weighted by Crippen LogP contribution is 2.13. The van der Waals surface area contributed by atoms with Crippen LogP contribution in [0, 0.1) is 0 Å². The van der Waals surface area contributed by atoms with Gasteiger partial charge in [-0.1, -0.05) is 6.92 Å². The highest BCUT2D eigenvalue weighted by atomic mass is 16.5. The molecule has 0 saturated carbocycles. The smallest absolute Gasteiger partial charge is 0.218 e. The maximum absolute atomic E-state index is 5.60. The molecular formula is C13H23N3O3. The van der Waals surface area contributed by atoms with Gasteiger partial charge in [-0.05, 0) is 0 Å². The second kappa shape index (κ2) is 9.52. The Morgan fingerprint density at radius 2 is 2.00 bits per heavy atom. The Bertz CT molecular complexity index is 339. The summed E-state index contributed by atoms with van der Waals surface area (Å²) in [5, 5.41) is 3.00. The predicted octanol–water partition coefficient (Wildman–Crippen LogP) is 1.51. The van der Waals surface area contributed by atoms with Crippen LogP contribution in [-0.2, 0) is 15.9 Å². The minimum Gasteiger partial charge on any atom is -0.477 e. The number of methoxy groups -OCH3 is 1. The van der Waals surface area contributed by atoms with Gasteiger partial charge in [0.1, 0.15) is 11.6 Å². The second-order valence-corrected chi connectivity index (χ2v) is 3.92. The molecule has 6 nitrogen and oxygen atoms in total. The van der Waals surface area contributed by atoms with Crippen LogP contribution < -0.4 is 10.1 Å². The zero-order valence-electron chi connectivity index (χ0n) is 11.9. The number of nitrogens with zero attached hydrogens (tertiary/aromatic N) is 2. The minimum atomic E-state index is 0.580. The lowest BCUT2D eigenvalue weighted by Gasteiger charge is -2.09. The summed E-state index contributed by atoms with van der Waals surface area (Å²) in [4.78, 5) is 8.62. The van der Waals surface area contributed by atoms with Crippen molar-refractivity contribution in [2.24, 2.45) is 0 Å². The second-order valence-electron chi connectivity index (χ2n) is 3.92. The van der Waals surface area contributed by atoms with Crippen LogP contribution in [0.15, 0.2) is 6.07 Å². The summed E-state index contributed by atoms with van der Waals surface area (Å²) in [6.45, 7) is 4.50. The van der Waals surface area contributed by atoms with E-state index in [4.69, 9.17) is 14.2 Å². The van der Waals surface area contributed by atoms with Gasteiger partial charge in [-0.3, -0.25) is 0 Å². The predicted molar refractivity (Wildman–Crippen MR) is 73.8 cm³/mol. The first-order valence-electron chi connectivity index (χ1n) is 6.55. The molecule has 1 rings (SSSR count). The van der Waals surface area contributed by atoms with Crippen LogP contribution in [0.5, 0.6) is 5.88 Å². The molecule has 19 heavy (non-hydrogen) atoms. The molecule has 0 bridgehead atoms. The molecule has 0 amide bonds. The van der Waals surface area contributed by atoms with Crippen LogP contribution in [0.3, 0.4) is 0 Å². The van der Waals surface area contributed by atoms with E-state index in [1.165, 1.54) is 0 Å². The highest BCUT2D eigenvalue weighted by Gasteiger charge is 2.03. The number of hydrogen-bond acceptors (Lipinski definition) is 6. The van der Waals surface area contributed by atoms with Crippen molar-refractivity contribution in [2.45, 2.75) is 19.8 Å². The van der Waals surface area contributed by atoms with E-state index in [1.807, 2.05) is 14.0 Å². The molecule has 0 aromatic carbocycles. The summed E-state index contributed by atoms with van der Waals surface area (Å²) in [6.07, 6.45) is 1.61. The van der Waals surface area contributed by atoms with Gasteiger partial charge >= 0.3 is 0 Å². The monoisotopic (exact) mass is 269 g/mol. The molecule has 0 atom stereocenters. The van der Waals surface area contributed by atoms with Crippen molar-refractivity contribution in [3.63, 3.8) is 0 Å². The third-order valence-electron chi connectivity index (χ3n) is 2.44. The van der Waals surface area contributed by atoms with Crippen molar-refractivity contribution in [2.75, 3.05) is 45.9 Å². The minimum absolute atomic E-state index is 0.580. The molecule has 0 aliphatic carbocycles. The molecule has 0 radical (unpaired) electrons. The zero-order valence-corrected chi connectivity index (χ0v) is 11.9. The number of aryl methyl sites for hydroxylation is 1. The Kier molecular flexibility index (Phi) is 7.84. The van der Waals surface area contributed by atoms with Gasteiger partial charge in [0.2, 0.25) is 5.88 Å². The Hall–Kier alpha value is -1.40. The zero-order chi connectivity index (χ0) is 13.9. The molecule has 1 heterocycles. The number of hydrogen-bond donors (Lipinski definition) is 1. The maximum atomic E-state index is 5.60. The molecule has 0 saturated heterocycles. The number of nitrogens with one attached hydrogen (secondary N) is 1. The molecule has 1 aromatic rings. The van der Waals surface area contributed by atoms with E-state index < -0.39 is 0 Å². The fourth-order valence-electron chi connectivity index (χ4n) is 1.41. The van der Waals surface area contributed by atoms with Crippen molar-refractivity contribution in [1.82, 2.24) is 9.97 Å². The Labute approximate surface area is 114 Å². The van der Waals surface area contributed by atoms with Gasteiger partial charge < -0.3 is 19.5 Å². The SMILES string of the molecule is CCc1nc(NC)cc(OCCCOCCOC)n1. The lowest BCUT2D eigenvalue weighted by Crippen LogP contribution is -2.08. The van der Waals surface area contributed by atoms with Gasteiger partial charge in [0, 0.05) is 39.7 Å². The third kappa shape index (κ3) is 6.35. The van der Waals surface area contributed by atoms with E-state index in [0.29, 0.717) is 32.3 Å². The number of rotatable bonds is 10. The molecule has 0 aliphatic rings. The molecular weight excluding hydrogens is 246 g/mol. The van der Waals surface area contributed by atoms with Crippen LogP contribution in [0.1, 0.15) is 19.2 Å². The van der Waals surface area contributed by atoms with Crippen LogP contribution >= 0.6 is 0 Å². The van der Waals surface area contributed by atoms with Crippen LogP contribution in [0.2, 0.25) is 0 Å². The Balaban J connectivity index is 2.28. The first-order chi connectivity index (χ1) is 9.30. The molecule has 108 valence electrons. The maximum Gasteiger partial charge on any atom is 0.218 e.